The maximum atomic E-state index is 12.3. The van der Waals surface area contributed by atoms with Gasteiger partial charge >= 0.3 is 0 Å². The Hall–Kier alpha value is -0.830. The molecule has 1 aliphatic carbocycles. The van der Waals surface area contributed by atoms with Crippen LogP contribution < -0.4 is 5.32 Å². The normalized spacial score (nSPS) is 20.6. The Morgan fingerprint density at radius 1 is 1.22 bits per heavy atom. The molecule has 1 aromatic carbocycles. The molecule has 2 nitrogen and oxygen atoms in total. The van der Waals surface area contributed by atoms with E-state index >= 15 is 0 Å². The number of aryl methyl sites for hydroxylation is 1. The van der Waals surface area contributed by atoms with Gasteiger partial charge in [0.2, 0.25) is 5.91 Å². The number of carbonyl (C=O) groups is 1. The van der Waals surface area contributed by atoms with Gasteiger partial charge in [-0.1, -0.05) is 49.7 Å². The van der Waals surface area contributed by atoms with Gasteiger partial charge in [0, 0.05) is 16.1 Å². The maximum Gasteiger partial charge on any atom is 0.228 e. The van der Waals surface area contributed by atoms with E-state index in [0.717, 1.165) is 10.2 Å². The molecule has 1 fully saturated rings. The summed E-state index contributed by atoms with van der Waals surface area (Å²) in [7, 11) is 0. The summed E-state index contributed by atoms with van der Waals surface area (Å²) in [6, 6.07) is 5.90. The Balaban J connectivity index is 2.12. The lowest BCUT2D eigenvalue weighted by Gasteiger charge is -2.08. The van der Waals surface area contributed by atoms with Crippen molar-refractivity contribution in [1.29, 1.82) is 0 Å². The molecule has 18 heavy (non-hydrogen) atoms. The summed E-state index contributed by atoms with van der Waals surface area (Å²) >= 11 is 3.48. The molecule has 0 saturated heterocycles. The second kappa shape index (κ2) is 4.09. The predicted octanol–water partition coefficient (Wildman–Crippen LogP) is 4.38. The molecule has 1 amide bonds. The number of benzene rings is 1. The standard InChI is InChI=1S/C15H20BrNO/c1-9-6-7-10(8-11(9)16)17-13(18)12-14(2,3)15(12,4)5/h6-8,12H,1-5H3,(H,17,18). The van der Waals surface area contributed by atoms with E-state index in [1.54, 1.807) is 0 Å². The molecule has 0 unspecified atom stereocenters. The number of halogens is 1. The van der Waals surface area contributed by atoms with Crippen LogP contribution in [-0.4, -0.2) is 5.91 Å². The lowest BCUT2D eigenvalue weighted by Crippen LogP contribution is -2.17. The first-order valence-electron chi connectivity index (χ1n) is 6.25. The highest BCUT2D eigenvalue weighted by atomic mass is 79.9. The third kappa shape index (κ3) is 1.99. The molecular weight excluding hydrogens is 290 g/mol. The van der Waals surface area contributed by atoms with E-state index < -0.39 is 0 Å². The SMILES string of the molecule is Cc1ccc(NC(=O)C2C(C)(C)C2(C)C)cc1Br. The molecule has 0 spiro atoms. The van der Waals surface area contributed by atoms with E-state index in [4.69, 9.17) is 0 Å². The Morgan fingerprint density at radius 3 is 2.22 bits per heavy atom. The summed E-state index contributed by atoms with van der Waals surface area (Å²) in [6.45, 7) is 10.7. The van der Waals surface area contributed by atoms with Crippen LogP contribution in [0.15, 0.2) is 22.7 Å². The molecular formula is C15H20BrNO. The second-order valence-corrected chi connectivity index (χ2v) is 7.18. The van der Waals surface area contributed by atoms with Crippen molar-refractivity contribution in [2.24, 2.45) is 16.7 Å². The van der Waals surface area contributed by atoms with Crippen LogP contribution in [0.3, 0.4) is 0 Å². The highest BCUT2D eigenvalue weighted by Gasteiger charge is 2.68. The third-order valence-corrected chi connectivity index (χ3v) is 5.58. The number of nitrogens with one attached hydrogen (secondary N) is 1. The van der Waals surface area contributed by atoms with E-state index in [2.05, 4.69) is 48.9 Å². The van der Waals surface area contributed by atoms with Gasteiger partial charge < -0.3 is 5.32 Å². The Morgan fingerprint density at radius 2 is 1.78 bits per heavy atom. The van der Waals surface area contributed by atoms with E-state index in [1.807, 2.05) is 25.1 Å². The van der Waals surface area contributed by atoms with Crippen LogP contribution >= 0.6 is 15.9 Å². The zero-order chi connectivity index (χ0) is 13.7. The molecule has 0 bridgehead atoms. The van der Waals surface area contributed by atoms with Crippen LogP contribution in [0.4, 0.5) is 5.69 Å². The Bertz CT molecular complexity index is 491. The highest BCUT2D eigenvalue weighted by Crippen LogP contribution is 2.68. The number of anilines is 1. The molecule has 0 radical (unpaired) electrons. The van der Waals surface area contributed by atoms with Crippen LogP contribution in [0, 0.1) is 23.7 Å². The minimum absolute atomic E-state index is 0.0824. The summed E-state index contributed by atoms with van der Waals surface area (Å²) in [5.41, 5.74) is 2.19. The fraction of sp³-hybridized carbons (Fsp3) is 0.533. The van der Waals surface area contributed by atoms with E-state index in [0.29, 0.717) is 0 Å². The monoisotopic (exact) mass is 309 g/mol. The minimum Gasteiger partial charge on any atom is -0.326 e. The van der Waals surface area contributed by atoms with Crippen molar-refractivity contribution in [2.45, 2.75) is 34.6 Å². The van der Waals surface area contributed by atoms with Crippen LogP contribution in [0.5, 0.6) is 0 Å². The first-order chi connectivity index (χ1) is 8.18. The number of hydrogen-bond donors (Lipinski definition) is 1. The van der Waals surface area contributed by atoms with Crippen molar-refractivity contribution in [3.63, 3.8) is 0 Å². The van der Waals surface area contributed by atoms with Gasteiger partial charge in [-0.25, -0.2) is 0 Å². The summed E-state index contributed by atoms with van der Waals surface area (Å²) in [6.07, 6.45) is 0. The Labute approximate surface area is 117 Å². The Kier molecular flexibility index (Phi) is 3.09. The summed E-state index contributed by atoms with van der Waals surface area (Å²) in [5, 5.41) is 3.01. The highest BCUT2D eigenvalue weighted by molar-refractivity contribution is 9.10. The van der Waals surface area contributed by atoms with Gasteiger partial charge in [0.15, 0.2) is 0 Å². The van der Waals surface area contributed by atoms with Crippen LogP contribution in [0.25, 0.3) is 0 Å². The second-order valence-electron chi connectivity index (χ2n) is 6.33. The van der Waals surface area contributed by atoms with E-state index in [1.165, 1.54) is 5.56 Å². The summed E-state index contributed by atoms with van der Waals surface area (Å²) < 4.78 is 1.02. The van der Waals surface area contributed by atoms with E-state index in [9.17, 15) is 4.79 Å². The first-order valence-corrected chi connectivity index (χ1v) is 7.04. The fourth-order valence-corrected chi connectivity index (χ4v) is 3.12. The zero-order valence-electron chi connectivity index (χ0n) is 11.6. The molecule has 0 heterocycles. The third-order valence-electron chi connectivity index (χ3n) is 4.72. The molecule has 98 valence electrons. The van der Waals surface area contributed by atoms with Gasteiger partial charge in [-0.2, -0.15) is 0 Å². The van der Waals surface area contributed by atoms with Crippen molar-refractivity contribution in [3.05, 3.63) is 28.2 Å². The van der Waals surface area contributed by atoms with Crippen LogP contribution in [0.1, 0.15) is 33.3 Å². The first kappa shape index (κ1) is 13.6. The molecule has 3 heteroatoms. The lowest BCUT2D eigenvalue weighted by molar-refractivity contribution is -0.118. The molecule has 1 saturated carbocycles. The number of amides is 1. The van der Waals surface area contributed by atoms with E-state index in [-0.39, 0.29) is 22.7 Å². The van der Waals surface area contributed by atoms with Gasteiger partial charge in [0.05, 0.1) is 0 Å². The molecule has 0 atom stereocenters. The molecule has 1 aliphatic rings. The molecule has 2 rings (SSSR count). The summed E-state index contributed by atoms with van der Waals surface area (Å²) in [5.74, 6) is 0.214. The van der Waals surface area contributed by atoms with Gasteiger partial charge in [0.1, 0.15) is 0 Å². The van der Waals surface area contributed by atoms with Gasteiger partial charge in [-0.3, -0.25) is 4.79 Å². The fourth-order valence-electron chi connectivity index (χ4n) is 2.74. The maximum absolute atomic E-state index is 12.3. The number of hydrogen-bond acceptors (Lipinski definition) is 1. The number of rotatable bonds is 2. The van der Waals surface area contributed by atoms with Gasteiger partial charge in [-0.15, -0.1) is 0 Å². The minimum atomic E-state index is 0.0824. The van der Waals surface area contributed by atoms with Crippen molar-refractivity contribution in [3.8, 4) is 0 Å². The number of carbonyl (C=O) groups excluding carboxylic acids is 1. The zero-order valence-corrected chi connectivity index (χ0v) is 13.2. The topological polar surface area (TPSA) is 29.1 Å². The molecule has 1 aromatic rings. The average molecular weight is 310 g/mol. The quantitative estimate of drug-likeness (QED) is 0.863. The van der Waals surface area contributed by atoms with Crippen molar-refractivity contribution < 1.29 is 4.79 Å². The van der Waals surface area contributed by atoms with Crippen LogP contribution in [-0.2, 0) is 4.79 Å². The lowest BCUT2D eigenvalue weighted by atomic mass is 10.0. The van der Waals surface area contributed by atoms with Gasteiger partial charge in [-0.05, 0) is 35.4 Å². The van der Waals surface area contributed by atoms with Gasteiger partial charge in [0.25, 0.3) is 0 Å². The largest absolute Gasteiger partial charge is 0.326 e. The smallest absolute Gasteiger partial charge is 0.228 e. The molecule has 0 aromatic heterocycles. The molecule has 1 N–H and O–H groups in total. The summed E-state index contributed by atoms with van der Waals surface area (Å²) in [4.78, 5) is 12.3. The molecule has 0 aliphatic heterocycles. The van der Waals surface area contributed by atoms with Crippen molar-refractivity contribution in [2.75, 3.05) is 5.32 Å². The van der Waals surface area contributed by atoms with Crippen molar-refractivity contribution >= 4 is 27.5 Å². The van der Waals surface area contributed by atoms with Crippen LogP contribution in [0.2, 0.25) is 0 Å². The average Bonchev–Trinajstić information content (AvgIpc) is 2.63. The predicted molar refractivity (Wildman–Crippen MR) is 78.6 cm³/mol. The van der Waals surface area contributed by atoms with Crippen molar-refractivity contribution in [1.82, 2.24) is 0 Å².